The minimum absolute atomic E-state index is 0.848. The number of nitroso groups, excluding NO2 is 1. The summed E-state index contributed by atoms with van der Waals surface area (Å²) >= 11 is 0. The van der Waals surface area contributed by atoms with Gasteiger partial charge in [-0.15, -0.1) is 4.91 Å². The predicted molar refractivity (Wildman–Crippen MR) is 67.8 cm³/mol. The molecule has 3 rings (SSSR count). The Hall–Kier alpha value is -1.97. The van der Waals surface area contributed by atoms with Crippen LogP contribution in [0.15, 0.2) is 29.6 Å². The van der Waals surface area contributed by atoms with Crippen molar-refractivity contribution in [2.24, 2.45) is 5.29 Å². The molecular formula is C13H13N3O. The molecule has 0 saturated heterocycles. The highest BCUT2D eigenvalue weighted by molar-refractivity contribution is 5.93. The molecule has 0 atom stereocenters. The van der Waals surface area contributed by atoms with Crippen molar-refractivity contribution in [3.05, 3.63) is 40.4 Å². The summed E-state index contributed by atoms with van der Waals surface area (Å²) in [4.78, 5) is 15.2. The first kappa shape index (κ1) is 10.2. The molecule has 0 radical (unpaired) electrons. The van der Waals surface area contributed by atoms with Crippen LogP contribution in [-0.4, -0.2) is 4.98 Å². The van der Waals surface area contributed by atoms with Crippen LogP contribution in [0, 0.1) is 4.91 Å². The Morgan fingerprint density at radius 1 is 1.18 bits per heavy atom. The van der Waals surface area contributed by atoms with E-state index in [4.69, 9.17) is 0 Å². The number of pyridine rings is 1. The Kier molecular flexibility index (Phi) is 2.48. The molecule has 0 spiro atoms. The Morgan fingerprint density at radius 2 is 2.00 bits per heavy atom. The van der Waals surface area contributed by atoms with Gasteiger partial charge in [-0.05, 0) is 37.3 Å². The molecule has 1 N–H and O–H groups in total. The van der Waals surface area contributed by atoms with Crippen LogP contribution in [0.2, 0.25) is 0 Å². The van der Waals surface area contributed by atoms with Crippen LogP contribution in [0.3, 0.4) is 0 Å². The van der Waals surface area contributed by atoms with E-state index in [1.807, 2.05) is 24.3 Å². The second-order valence-corrected chi connectivity index (χ2v) is 4.34. The molecule has 2 aromatic rings. The van der Waals surface area contributed by atoms with Gasteiger partial charge in [0.1, 0.15) is 0 Å². The summed E-state index contributed by atoms with van der Waals surface area (Å²) < 4.78 is 0. The van der Waals surface area contributed by atoms with Crippen molar-refractivity contribution in [1.29, 1.82) is 0 Å². The van der Waals surface area contributed by atoms with Crippen molar-refractivity contribution in [3.63, 3.8) is 0 Å². The van der Waals surface area contributed by atoms with E-state index in [1.54, 1.807) is 0 Å². The monoisotopic (exact) mass is 227 g/mol. The van der Waals surface area contributed by atoms with Gasteiger partial charge in [-0.25, -0.2) is 5.43 Å². The number of para-hydroxylation sites is 1. The number of nitrogens with zero attached hydrogens (tertiary/aromatic N) is 2. The quantitative estimate of drug-likeness (QED) is 0.633. The van der Waals surface area contributed by atoms with Gasteiger partial charge in [-0.1, -0.05) is 18.2 Å². The molecule has 4 heteroatoms. The van der Waals surface area contributed by atoms with Gasteiger partial charge in [0.25, 0.3) is 0 Å². The first-order valence-electron chi connectivity index (χ1n) is 5.89. The first-order chi connectivity index (χ1) is 8.40. The lowest BCUT2D eigenvalue weighted by molar-refractivity contribution is 0.672. The van der Waals surface area contributed by atoms with Crippen LogP contribution in [0.4, 0.5) is 5.69 Å². The number of benzene rings is 1. The van der Waals surface area contributed by atoms with Crippen molar-refractivity contribution in [1.82, 2.24) is 4.98 Å². The summed E-state index contributed by atoms with van der Waals surface area (Å²) in [7, 11) is 0. The Labute approximate surface area is 99.0 Å². The third-order valence-corrected chi connectivity index (χ3v) is 3.33. The van der Waals surface area contributed by atoms with E-state index in [9.17, 15) is 4.91 Å². The van der Waals surface area contributed by atoms with Crippen LogP contribution in [-0.2, 0) is 12.8 Å². The van der Waals surface area contributed by atoms with Gasteiger partial charge in [0.15, 0.2) is 0 Å². The van der Waals surface area contributed by atoms with Gasteiger partial charge in [0, 0.05) is 11.1 Å². The number of hydrogen-bond donors (Lipinski definition) is 1. The Morgan fingerprint density at radius 3 is 2.88 bits per heavy atom. The van der Waals surface area contributed by atoms with Crippen LogP contribution >= 0.6 is 0 Å². The van der Waals surface area contributed by atoms with Crippen molar-refractivity contribution in [2.45, 2.75) is 25.7 Å². The zero-order valence-electron chi connectivity index (χ0n) is 9.44. The van der Waals surface area contributed by atoms with Crippen molar-refractivity contribution in [2.75, 3.05) is 5.43 Å². The van der Waals surface area contributed by atoms with E-state index < -0.39 is 0 Å². The van der Waals surface area contributed by atoms with Gasteiger partial charge in [0.2, 0.25) is 0 Å². The Bertz CT molecular complexity index is 580. The van der Waals surface area contributed by atoms with E-state index in [1.165, 1.54) is 6.42 Å². The zero-order valence-corrected chi connectivity index (χ0v) is 9.44. The third-order valence-electron chi connectivity index (χ3n) is 3.33. The highest BCUT2D eigenvalue weighted by Gasteiger charge is 2.17. The van der Waals surface area contributed by atoms with E-state index in [2.05, 4.69) is 15.7 Å². The molecule has 0 aliphatic heterocycles. The number of hydrogen-bond acceptors (Lipinski definition) is 3. The number of aromatic nitrogens is 1. The smallest absolute Gasteiger partial charge is 0.0738 e. The predicted octanol–water partition coefficient (Wildman–Crippen LogP) is 3.21. The maximum atomic E-state index is 10.5. The lowest BCUT2D eigenvalue weighted by Gasteiger charge is -2.19. The molecule has 1 aromatic carbocycles. The lowest BCUT2D eigenvalue weighted by atomic mass is 9.93. The average Bonchev–Trinajstić information content (AvgIpc) is 2.39. The van der Waals surface area contributed by atoms with Crippen LogP contribution in [0.1, 0.15) is 24.1 Å². The molecule has 0 saturated carbocycles. The number of fused-ring (bicyclic) bond motifs is 2. The number of nitrogens with one attached hydrogen (secondary N) is 1. The SMILES string of the molecule is O=NNc1c2c(nc3ccccc13)CCCC2. The minimum atomic E-state index is 0.848. The maximum absolute atomic E-state index is 10.5. The fraction of sp³-hybridized carbons (Fsp3) is 0.308. The van der Waals surface area contributed by atoms with Gasteiger partial charge in [-0.3, -0.25) is 4.98 Å². The largest absolute Gasteiger partial charge is 0.252 e. The summed E-state index contributed by atoms with van der Waals surface area (Å²) in [6.45, 7) is 0. The molecule has 0 unspecified atom stereocenters. The standard InChI is InChI=1S/C13H13N3O/c17-16-15-13-9-5-1-3-7-11(9)14-12-8-4-2-6-10(12)13/h1,3,5,7H,2,4,6,8H2,(H,14,15,17). The summed E-state index contributed by atoms with van der Waals surface area (Å²) in [5.41, 5.74) is 6.66. The van der Waals surface area contributed by atoms with Crippen LogP contribution < -0.4 is 5.43 Å². The van der Waals surface area contributed by atoms with E-state index in [0.717, 1.165) is 47.1 Å². The maximum Gasteiger partial charge on any atom is 0.0738 e. The summed E-state index contributed by atoms with van der Waals surface area (Å²) in [6.07, 6.45) is 4.30. The highest BCUT2D eigenvalue weighted by atomic mass is 16.3. The van der Waals surface area contributed by atoms with Crippen molar-refractivity contribution >= 4 is 16.6 Å². The topological polar surface area (TPSA) is 54.4 Å². The summed E-state index contributed by atoms with van der Waals surface area (Å²) in [6, 6.07) is 7.86. The van der Waals surface area contributed by atoms with Crippen molar-refractivity contribution in [3.8, 4) is 0 Å². The normalized spacial score (nSPS) is 14.4. The molecule has 0 fully saturated rings. The molecule has 0 amide bonds. The third kappa shape index (κ3) is 1.65. The molecule has 0 bridgehead atoms. The fourth-order valence-electron chi connectivity index (χ4n) is 2.55. The number of aryl methyl sites for hydroxylation is 1. The second kappa shape index (κ2) is 4.13. The zero-order chi connectivity index (χ0) is 11.7. The fourth-order valence-corrected chi connectivity index (χ4v) is 2.55. The average molecular weight is 227 g/mol. The Balaban J connectivity index is 2.32. The van der Waals surface area contributed by atoms with Gasteiger partial charge < -0.3 is 0 Å². The molecule has 1 heterocycles. The van der Waals surface area contributed by atoms with E-state index >= 15 is 0 Å². The minimum Gasteiger partial charge on any atom is -0.252 e. The number of anilines is 1. The van der Waals surface area contributed by atoms with Gasteiger partial charge >= 0.3 is 0 Å². The molecule has 1 aliphatic rings. The summed E-state index contributed by atoms with van der Waals surface area (Å²) in [5.74, 6) is 0. The molecular weight excluding hydrogens is 214 g/mol. The highest BCUT2D eigenvalue weighted by Crippen LogP contribution is 2.33. The molecule has 1 aromatic heterocycles. The van der Waals surface area contributed by atoms with E-state index in [0.29, 0.717) is 0 Å². The first-order valence-corrected chi connectivity index (χ1v) is 5.89. The van der Waals surface area contributed by atoms with Crippen LogP contribution in [0.25, 0.3) is 10.9 Å². The second-order valence-electron chi connectivity index (χ2n) is 4.34. The molecule has 17 heavy (non-hydrogen) atoms. The van der Waals surface area contributed by atoms with Crippen LogP contribution in [0.5, 0.6) is 0 Å². The molecule has 4 nitrogen and oxygen atoms in total. The van der Waals surface area contributed by atoms with Gasteiger partial charge in [0.05, 0.1) is 16.5 Å². The van der Waals surface area contributed by atoms with Crippen molar-refractivity contribution < 1.29 is 0 Å². The summed E-state index contributed by atoms with van der Waals surface area (Å²) in [5, 5.41) is 3.82. The lowest BCUT2D eigenvalue weighted by Crippen LogP contribution is -2.09. The number of rotatable bonds is 2. The van der Waals surface area contributed by atoms with E-state index in [-0.39, 0.29) is 0 Å². The molecule has 86 valence electrons. The molecule has 1 aliphatic carbocycles. The van der Waals surface area contributed by atoms with Gasteiger partial charge in [-0.2, -0.15) is 0 Å².